The van der Waals surface area contributed by atoms with Crippen molar-refractivity contribution in [3.05, 3.63) is 52.2 Å². The van der Waals surface area contributed by atoms with E-state index >= 15 is 0 Å². The molecule has 1 aromatic carbocycles. The van der Waals surface area contributed by atoms with Gasteiger partial charge in [0.1, 0.15) is 17.7 Å². The fourth-order valence-electron chi connectivity index (χ4n) is 2.59. The number of ether oxygens (including phenoxy) is 1. The van der Waals surface area contributed by atoms with Gasteiger partial charge in [0.2, 0.25) is 5.91 Å². The van der Waals surface area contributed by atoms with Crippen LogP contribution in [0.5, 0.6) is 5.75 Å². The van der Waals surface area contributed by atoms with E-state index in [1.54, 1.807) is 47.9 Å². The molecule has 3 aromatic rings. The Morgan fingerprint density at radius 2 is 2.04 bits per heavy atom. The van der Waals surface area contributed by atoms with E-state index in [1.165, 1.54) is 17.1 Å². The molecule has 0 bridgehead atoms. The molecule has 142 valence electrons. The summed E-state index contributed by atoms with van der Waals surface area (Å²) in [5.74, 6) is 0.621. The fourth-order valence-corrected chi connectivity index (χ4v) is 2.71. The zero-order chi connectivity index (χ0) is 19.4. The second-order valence-electron chi connectivity index (χ2n) is 6.12. The van der Waals surface area contributed by atoms with Crippen molar-refractivity contribution in [1.29, 1.82) is 0 Å². The van der Waals surface area contributed by atoms with Crippen molar-refractivity contribution < 1.29 is 9.53 Å². The van der Waals surface area contributed by atoms with Gasteiger partial charge in [-0.25, -0.2) is 4.98 Å². The lowest BCUT2D eigenvalue weighted by Gasteiger charge is -2.17. The molecule has 9 heteroatoms. The zero-order valence-corrected chi connectivity index (χ0v) is 15.9. The second-order valence-corrected chi connectivity index (χ2v) is 6.55. The van der Waals surface area contributed by atoms with Gasteiger partial charge >= 0.3 is 0 Å². The summed E-state index contributed by atoms with van der Waals surface area (Å²) in [6, 6.07) is 7.05. The third-order valence-corrected chi connectivity index (χ3v) is 4.47. The standard InChI is InChI=1S/C18H20ClN5O3/c1-22(9-10-27-14-5-3-13(19)4-6-14)16(25)7-8-24-12-20-17-15(18(24)26)11-21-23(17)2/h3-6,11-12H,7-10H2,1-2H3. The van der Waals surface area contributed by atoms with Crippen LogP contribution in [-0.4, -0.2) is 50.3 Å². The van der Waals surface area contributed by atoms with Crippen molar-refractivity contribution in [3.63, 3.8) is 0 Å². The Balaban J connectivity index is 1.50. The van der Waals surface area contributed by atoms with Gasteiger partial charge in [-0.3, -0.25) is 18.8 Å². The number of hydrogen-bond acceptors (Lipinski definition) is 5. The average Bonchev–Trinajstić information content (AvgIpc) is 3.04. The van der Waals surface area contributed by atoms with Crippen molar-refractivity contribution in [2.75, 3.05) is 20.2 Å². The Bertz CT molecular complexity index is 996. The first-order valence-corrected chi connectivity index (χ1v) is 8.83. The third kappa shape index (κ3) is 4.46. The van der Waals surface area contributed by atoms with Gasteiger partial charge in [-0.05, 0) is 24.3 Å². The number of rotatable bonds is 7. The Hall–Kier alpha value is -2.87. The molecular weight excluding hydrogens is 370 g/mol. The molecule has 27 heavy (non-hydrogen) atoms. The lowest BCUT2D eigenvalue weighted by atomic mass is 10.3. The van der Waals surface area contributed by atoms with E-state index in [1.807, 2.05) is 0 Å². The summed E-state index contributed by atoms with van der Waals surface area (Å²) >= 11 is 5.83. The van der Waals surface area contributed by atoms with Crippen LogP contribution in [0.25, 0.3) is 11.0 Å². The number of aryl methyl sites for hydroxylation is 2. The number of aromatic nitrogens is 4. The van der Waals surface area contributed by atoms with Crippen LogP contribution in [0.2, 0.25) is 5.02 Å². The van der Waals surface area contributed by atoms with E-state index in [-0.39, 0.29) is 24.4 Å². The fraction of sp³-hybridized carbons (Fsp3) is 0.333. The number of hydrogen-bond donors (Lipinski definition) is 0. The molecule has 0 aliphatic carbocycles. The molecule has 0 atom stereocenters. The highest BCUT2D eigenvalue weighted by Crippen LogP contribution is 2.15. The van der Waals surface area contributed by atoms with Crippen molar-refractivity contribution in [3.8, 4) is 5.75 Å². The van der Waals surface area contributed by atoms with Crippen LogP contribution in [0.1, 0.15) is 6.42 Å². The lowest BCUT2D eigenvalue weighted by Crippen LogP contribution is -2.32. The largest absolute Gasteiger partial charge is 0.492 e. The monoisotopic (exact) mass is 389 g/mol. The molecule has 8 nitrogen and oxygen atoms in total. The van der Waals surface area contributed by atoms with Gasteiger partial charge in [0.25, 0.3) is 5.56 Å². The quantitative estimate of drug-likeness (QED) is 0.614. The predicted octanol–water partition coefficient (Wildman–Crippen LogP) is 1.71. The topological polar surface area (TPSA) is 82.2 Å². The maximum Gasteiger partial charge on any atom is 0.264 e. The Morgan fingerprint density at radius 1 is 1.30 bits per heavy atom. The summed E-state index contributed by atoms with van der Waals surface area (Å²) in [5, 5.41) is 5.11. The number of carbonyl (C=O) groups excluding carboxylic acids is 1. The molecule has 0 fully saturated rings. The number of carbonyl (C=O) groups is 1. The molecule has 0 aliphatic rings. The minimum atomic E-state index is -0.199. The van der Waals surface area contributed by atoms with Crippen LogP contribution in [0.4, 0.5) is 0 Å². The number of likely N-dealkylation sites (N-methyl/N-ethyl adjacent to an activating group) is 1. The Labute approximate surface area is 160 Å². The molecule has 0 saturated heterocycles. The first-order valence-electron chi connectivity index (χ1n) is 8.45. The minimum absolute atomic E-state index is 0.0760. The molecular formula is C18H20ClN5O3. The average molecular weight is 390 g/mol. The molecule has 3 rings (SSSR count). The summed E-state index contributed by atoms with van der Waals surface area (Å²) in [4.78, 5) is 30.5. The highest BCUT2D eigenvalue weighted by molar-refractivity contribution is 6.30. The smallest absolute Gasteiger partial charge is 0.264 e. The van der Waals surface area contributed by atoms with Gasteiger partial charge in [-0.15, -0.1) is 0 Å². The maximum atomic E-state index is 12.4. The first kappa shape index (κ1) is 18.9. The first-order chi connectivity index (χ1) is 13.0. The van der Waals surface area contributed by atoms with Crippen LogP contribution in [-0.2, 0) is 18.4 Å². The van der Waals surface area contributed by atoms with Crippen LogP contribution < -0.4 is 10.3 Å². The summed E-state index contributed by atoms with van der Waals surface area (Å²) in [5.41, 5.74) is 0.327. The SMILES string of the molecule is CN(CCOc1ccc(Cl)cc1)C(=O)CCn1cnc2c(cnn2C)c1=O. The van der Waals surface area contributed by atoms with E-state index in [0.717, 1.165) is 0 Å². The van der Waals surface area contributed by atoms with Crippen LogP contribution in [0, 0.1) is 0 Å². The molecule has 0 saturated carbocycles. The summed E-state index contributed by atoms with van der Waals surface area (Å²) < 4.78 is 8.56. The number of amides is 1. The van der Waals surface area contributed by atoms with Crippen molar-refractivity contribution >= 4 is 28.5 Å². The summed E-state index contributed by atoms with van der Waals surface area (Å²) in [6.07, 6.45) is 3.14. The number of fused-ring (bicyclic) bond motifs is 1. The molecule has 0 unspecified atom stereocenters. The number of nitrogens with zero attached hydrogens (tertiary/aromatic N) is 5. The third-order valence-electron chi connectivity index (χ3n) is 4.22. The van der Waals surface area contributed by atoms with Crippen LogP contribution >= 0.6 is 11.6 Å². The molecule has 0 aliphatic heterocycles. The number of halogens is 1. The zero-order valence-electron chi connectivity index (χ0n) is 15.1. The Kier molecular flexibility index (Phi) is 5.75. The second kappa shape index (κ2) is 8.22. The maximum absolute atomic E-state index is 12.4. The normalized spacial score (nSPS) is 10.9. The predicted molar refractivity (Wildman–Crippen MR) is 102 cm³/mol. The minimum Gasteiger partial charge on any atom is -0.492 e. The summed E-state index contributed by atoms with van der Waals surface area (Å²) in [6.45, 7) is 1.07. The molecule has 0 radical (unpaired) electrons. The molecule has 2 aromatic heterocycles. The Morgan fingerprint density at radius 3 is 2.78 bits per heavy atom. The number of benzene rings is 1. The van der Waals surface area contributed by atoms with Crippen molar-refractivity contribution in [1.82, 2.24) is 24.2 Å². The highest BCUT2D eigenvalue weighted by atomic mass is 35.5. The van der Waals surface area contributed by atoms with Gasteiger partial charge < -0.3 is 9.64 Å². The van der Waals surface area contributed by atoms with Gasteiger partial charge in [-0.1, -0.05) is 11.6 Å². The molecule has 0 spiro atoms. The van der Waals surface area contributed by atoms with Gasteiger partial charge in [-0.2, -0.15) is 5.10 Å². The van der Waals surface area contributed by atoms with Crippen molar-refractivity contribution in [2.24, 2.45) is 7.05 Å². The van der Waals surface area contributed by atoms with Crippen molar-refractivity contribution in [2.45, 2.75) is 13.0 Å². The molecule has 1 amide bonds. The molecule has 0 N–H and O–H groups in total. The van der Waals surface area contributed by atoms with Gasteiger partial charge in [0, 0.05) is 32.1 Å². The van der Waals surface area contributed by atoms with Gasteiger partial charge in [0.05, 0.1) is 19.1 Å². The van der Waals surface area contributed by atoms with E-state index in [2.05, 4.69) is 10.1 Å². The molecule has 2 heterocycles. The van der Waals surface area contributed by atoms with E-state index in [0.29, 0.717) is 35.0 Å². The van der Waals surface area contributed by atoms with E-state index in [4.69, 9.17) is 16.3 Å². The van der Waals surface area contributed by atoms with E-state index in [9.17, 15) is 9.59 Å². The van der Waals surface area contributed by atoms with Crippen LogP contribution in [0.3, 0.4) is 0 Å². The van der Waals surface area contributed by atoms with Gasteiger partial charge in [0.15, 0.2) is 5.65 Å². The highest BCUT2D eigenvalue weighted by Gasteiger charge is 2.12. The lowest BCUT2D eigenvalue weighted by molar-refractivity contribution is -0.130. The van der Waals surface area contributed by atoms with Crippen LogP contribution in [0.15, 0.2) is 41.6 Å². The van der Waals surface area contributed by atoms with E-state index < -0.39 is 0 Å². The summed E-state index contributed by atoms with van der Waals surface area (Å²) in [7, 11) is 3.43.